The molecule has 2 aliphatic carbocycles. The molecule has 49 heavy (non-hydrogen) atoms. The first kappa shape index (κ1) is 36.3. The van der Waals surface area contributed by atoms with Crippen molar-refractivity contribution in [2.45, 2.75) is 89.6 Å². The Morgan fingerprint density at radius 3 is 1.31 bits per heavy atom. The van der Waals surface area contributed by atoms with Crippen LogP contribution in [0.2, 0.25) is 0 Å². The maximum atomic E-state index is 7.37. The Bertz CT molecular complexity index is 1540. The van der Waals surface area contributed by atoms with Crippen molar-refractivity contribution in [1.82, 2.24) is 9.80 Å². The summed E-state index contributed by atoms with van der Waals surface area (Å²) in [5.74, 6) is 3.41. The Morgan fingerprint density at radius 1 is 0.551 bits per heavy atom. The molecular weight excluding hydrogens is 634 g/mol. The van der Waals surface area contributed by atoms with Crippen LogP contribution in [0, 0.1) is 25.7 Å². The number of hydrogen-bond acceptors (Lipinski definition) is 3. The van der Waals surface area contributed by atoms with Gasteiger partial charge in [0, 0.05) is 22.7 Å². The van der Waals surface area contributed by atoms with Crippen LogP contribution in [0.1, 0.15) is 63.5 Å². The van der Waals surface area contributed by atoms with Crippen LogP contribution in [0.25, 0.3) is 0 Å². The zero-order chi connectivity index (χ0) is 34.7. The minimum atomic E-state index is -0.640. The van der Waals surface area contributed by atoms with E-state index < -0.39 is 15.8 Å². The fraction of sp³-hybridized carbons (Fsp3) is 0.455. The van der Waals surface area contributed by atoms with Crippen molar-refractivity contribution in [3.63, 3.8) is 0 Å². The smallest absolute Gasteiger partial charge is 0.135 e. The van der Waals surface area contributed by atoms with Gasteiger partial charge in [-0.05, 0) is 155 Å². The Hall–Kier alpha value is -2.54. The first-order valence-electron chi connectivity index (χ1n) is 18.5. The van der Waals surface area contributed by atoms with Crippen LogP contribution in [0.15, 0.2) is 97.1 Å². The maximum absolute atomic E-state index is 7.37. The molecule has 260 valence electrons. The summed E-state index contributed by atoms with van der Waals surface area (Å²) in [5, 5.41) is 5.75. The lowest BCUT2D eigenvalue weighted by atomic mass is 9.98. The highest BCUT2D eigenvalue weighted by Crippen LogP contribution is 2.55. The summed E-state index contributed by atoms with van der Waals surface area (Å²) in [6.07, 6.45) is 7.76. The molecule has 8 atom stereocenters. The summed E-state index contributed by atoms with van der Waals surface area (Å²) in [6, 6.07) is 37.9. The second kappa shape index (κ2) is 16.2. The third-order valence-corrected chi connectivity index (χ3v) is 17.7. The first-order valence-corrected chi connectivity index (χ1v) is 21.4. The van der Waals surface area contributed by atoms with Crippen LogP contribution < -0.4 is 26.0 Å². The van der Waals surface area contributed by atoms with Crippen molar-refractivity contribution in [1.29, 1.82) is 0 Å². The summed E-state index contributed by atoms with van der Waals surface area (Å²) in [6.45, 7) is 9.37. The molecule has 0 aromatic heterocycles. The van der Waals surface area contributed by atoms with Gasteiger partial charge in [-0.15, -0.1) is 0 Å². The largest absolute Gasteiger partial charge is 0.456 e. The molecule has 7 unspecified atom stereocenters. The highest BCUT2D eigenvalue weighted by atomic mass is 31.1. The van der Waals surface area contributed by atoms with E-state index in [0.717, 1.165) is 11.5 Å². The molecule has 0 aliphatic heterocycles. The van der Waals surface area contributed by atoms with Crippen molar-refractivity contribution >= 4 is 37.1 Å². The maximum Gasteiger partial charge on any atom is 0.135 e. The molecule has 0 radical (unpaired) electrons. The zero-order valence-corrected chi connectivity index (χ0v) is 32.9. The van der Waals surface area contributed by atoms with Gasteiger partial charge in [-0.25, -0.2) is 0 Å². The van der Waals surface area contributed by atoms with Gasteiger partial charge >= 0.3 is 0 Å². The summed E-state index contributed by atoms with van der Waals surface area (Å²) >= 11 is 0. The van der Waals surface area contributed by atoms with Crippen molar-refractivity contribution < 1.29 is 4.74 Å². The molecule has 0 spiro atoms. The van der Waals surface area contributed by atoms with Crippen molar-refractivity contribution in [3.05, 3.63) is 108 Å². The molecule has 6 rings (SSSR count). The molecule has 0 bridgehead atoms. The van der Waals surface area contributed by atoms with Crippen LogP contribution >= 0.6 is 15.8 Å². The number of rotatable bonds is 12. The Morgan fingerprint density at radius 2 is 0.939 bits per heavy atom. The molecule has 4 aromatic rings. The Labute approximate surface area is 300 Å². The summed E-state index contributed by atoms with van der Waals surface area (Å²) in [7, 11) is 7.74. The normalized spacial score (nSPS) is 23.5. The lowest BCUT2D eigenvalue weighted by molar-refractivity contribution is 0.232. The number of benzene rings is 4. The second-order valence-electron chi connectivity index (χ2n) is 15.2. The van der Waals surface area contributed by atoms with E-state index in [1.807, 2.05) is 0 Å². The lowest BCUT2D eigenvalue weighted by Gasteiger charge is -2.37. The van der Waals surface area contributed by atoms with Gasteiger partial charge < -0.3 is 14.5 Å². The highest BCUT2D eigenvalue weighted by Gasteiger charge is 2.41. The van der Waals surface area contributed by atoms with Gasteiger partial charge in [-0.2, -0.15) is 0 Å². The summed E-state index contributed by atoms with van der Waals surface area (Å²) in [5.41, 5.74) is 3.85. The zero-order valence-electron chi connectivity index (χ0n) is 31.1. The van der Waals surface area contributed by atoms with Crippen LogP contribution in [-0.2, 0) is 0 Å². The van der Waals surface area contributed by atoms with E-state index in [-0.39, 0.29) is 0 Å². The van der Waals surface area contributed by atoms with E-state index in [0.29, 0.717) is 35.2 Å². The fourth-order valence-corrected chi connectivity index (χ4v) is 15.5. The number of aryl methyl sites for hydroxylation is 2. The number of ether oxygens (including phenoxy) is 1. The predicted octanol–water partition coefficient (Wildman–Crippen LogP) is 9.20. The molecule has 5 heteroatoms. The van der Waals surface area contributed by atoms with Gasteiger partial charge in [0.05, 0.1) is 0 Å². The van der Waals surface area contributed by atoms with Gasteiger partial charge in [-0.3, -0.25) is 0 Å². The van der Waals surface area contributed by atoms with E-state index in [1.165, 1.54) is 70.9 Å². The number of hydrogen-bond donors (Lipinski definition) is 0. The van der Waals surface area contributed by atoms with E-state index >= 15 is 0 Å². The monoisotopic (exact) mass is 692 g/mol. The standard InChI is InChI=1S/C44H58N2OP2/c1-31-25-27-39(43(29-31)48(35-17-11-9-12-18-35)41-23-15-21-37(41)33(3)45(5)6)47-40-28-26-32(2)30-44(40)49(36-19-13-10-14-20-36)42-24-16-22-38(42)34(4)46(7)8/h9-14,17-20,25-30,33-34,37-38,41-42H,15-16,21-24H2,1-8H3/t33-,34?,37?,38?,41?,42?,48?,49?/m1/s1. The van der Waals surface area contributed by atoms with Crippen LogP contribution in [0.5, 0.6) is 11.5 Å². The molecular formula is C44H58N2OP2. The quantitative estimate of drug-likeness (QED) is 0.138. The molecule has 4 aromatic carbocycles. The minimum absolute atomic E-state index is 0.539. The minimum Gasteiger partial charge on any atom is -0.456 e. The fourth-order valence-electron chi connectivity index (χ4n) is 8.59. The van der Waals surface area contributed by atoms with Crippen LogP contribution in [-0.4, -0.2) is 61.4 Å². The molecule has 0 amide bonds. The van der Waals surface area contributed by atoms with Gasteiger partial charge in [-0.1, -0.05) is 96.8 Å². The number of nitrogens with zero attached hydrogens (tertiary/aromatic N) is 2. The van der Waals surface area contributed by atoms with E-state index in [4.69, 9.17) is 4.74 Å². The van der Waals surface area contributed by atoms with E-state index in [2.05, 4.69) is 163 Å². The second-order valence-corrected chi connectivity index (χ2v) is 20.0. The Balaban J connectivity index is 1.47. The lowest BCUT2D eigenvalue weighted by Crippen LogP contribution is -2.38. The van der Waals surface area contributed by atoms with Crippen LogP contribution in [0.4, 0.5) is 0 Å². The average Bonchev–Trinajstić information content (AvgIpc) is 3.78. The third kappa shape index (κ3) is 8.02. The van der Waals surface area contributed by atoms with E-state index in [1.54, 1.807) is 0 Å². The van der Waals surface area contributed by atoms with Gasteiger partial charge in [0.1, 0.15) is 11.5 Å². The van der Waals surface area contributed by atoms with E-state index in [9.17, 15) is 0 Å². The van der Waals surface area contributed by atoms with Gasteiger partial charge in [0.15, 0.2) is 0 Å². The first-order chi connectivity index (χ1) is 23.6. The highest BCUT2D eigenvalue weighted by molar-refractivity contribution is 7.74. The van der Waals surface area contributed by atoms with Gasteiger partial charge in [0.25, 0.3) is 0 Å². The molecule has 0 heterocycles. The molecule has 2 saturated carbocycles. The SMILES string of the molecule is Cc1ccc(Oc2ccc(C)cc2P(c2ccccc2)C2CCCC2[C@@H](C)N(C)C)c(P(c2ccccc2)C2CCCC2C(C)N(C)C)c1. The summed E-state index contributed by atoms with van der Waals surface area (Å²) < 4.78 is 7.37. The molecule has 2 aliphatic rings. The molecule has 2 fully saturated rings. The summed E-state index contributed by atoms with van der Waals surface area (Å²) in [4.78, 5) is 4.88. The Kier molecular flexibility index (Phi) is 12.0. The van der Waals surface area contributed by atoms with Crippen LogP contribution in [0.3, 0.4) is 0 Å². The average molecular weight is 693 g/mol. The third-order valence-electron chi connectivity index (χ3n) is 11.6. The molecule has 0 N–H and O–H groups in total. The van der Waals surface area contributed by atoms with Crippen molar-refractivity contribution in [3.8, 4) is 11.5 Å². The molecule has 0 saturated heterocycles. The predicted molar refractivity (Wildman–Crippen MR) is 216 cm³/mol. The topological polar surface area (TPSA) is 15.7 Å². The van der Waals surface area contributed by atoms with Crippen molar-refractivity contribution in [2.75, 3.05) is 28.2 Å². The van der Waals surface area contributed by atoms with Gasteiger partial charge in [0.2, 0.25) is 0 Å². The molecule has 3 nitrogen and oxygen atoms in total. The van der Waals surface area contributed by atoms with Crippen molar-refractivity contribution in [2.24, 2.45) is 11.8 Å².